The molecule has 1 aromatic rings. The van der Waals surface area contributed by atoms with E-state index in [-0.39, 0.29) is 30.0 Å². The van der Waals surface area contributed by atoms with Crippen LogP contribution in [0.15, 0.2) is 27.8 Å². The Bertz CT molecular complexity index is 435. The first kappa shape index (κ1) is 20.6. The van der Waals surface area contributed by atoms with Crippen LogP contribution in [0, 0.1) is 0 Å². The Kier molecular flexibility index (Phi) is 10.8. The zero-order valence-corrected chi connectivity index (χ0v) is 17.2. The molecule has 5 nitrogen and oxygen atoms in total. The molecule has 1 fully saturated rings. The third-order valence-corrected chi connectivity index (χ3v) is 4.43. The van der Waals surface area contributed by atoms with Crippen molar-refractivity contribution in [2.45, 2.75) is 25.8 Å². The van der Waals surface area contributed by atoms with E-state index in [1.807, 2.05) is 17.8 Å². The van der Waals surface area contributed by atoms with Gasteiger partial charge in [-0.15, -0.1) is 24.0 Å². The topological polar surface area (TPSA) is 52.8 Å². The molecule has 0 amide bonds. The van der Waals surface area contributed by atoms with Gasteiger partial charge in [-0.25, -0.2) is 0 Å². The summed E-state index contributed by atoms with van der Waals surface area (Å²) in [6.07, 6.45) is 6.41. The Morgan fingerprint density at radius 2 is 2.17 bits per heavy atom. The molecule has 0 aliphatic carbocycles. The highest BCUT2D eigenvalue weighted by Crippen LogP contribution is 2.25. The Hall–Kier alpha value is -0.410. The van der Waals surface area contributed by atoms with Gasteiger partial charge in [0.05, 0.1) is 18.8 Å². The lowest BCUT2D eigenvalue weighted by Gasteiger charge is -2.24. The summed E-state index contributed by atoms with van der Waals surface area (Å²) in [5, 5.41) is 6.69. The smallest absolute Gasteiger partial charge is 0.191 e. The molecule has 1 saturated heterocycles. The van der Waals surface area contributed by atoms with Crippen LogP contribution in [-0.4, -0.2) is 55.6 Å². The van der Waals surface area contributed by atoms with Gasteiger partial charge in [0.15, 0.2) is 5.96 Å². The minimum atomic E-state index is 0. The fourth-order valence-electron chi connectivity index (χ4n) is 2.71. The van der Waals surface area contributed by atoms with E-state index < -0.39 is 0 Å². The van der Waals surface area contributed by atoms with Crippen LogP contribution in [0.25, 0.3) is 0 Å². The lowest BCUT2D eigenvalue weighted by molar-refractivity contribution is 0.221. The summed E-state index contributed by atoms with van der Waals surface area (Å²) in [6, 6.07) is 4.27. The van der Waals surface area contributed by atoms with Gasteiger partial charge < -0.3 is 15.1 Å². The molecule has 7 heteroatoms. The molecule has 1 unspecified atom stereocenters. The number of furan rings is 1. The standard InChI is InChI=1S/C16H28N4OS.HI/c1-3-17-16(18-8-12-22-2)19-13-14(15-7-6-11-21-15)20-9-4-5-10-20;/h6-7,11,14H,3-5,8-10,12-13H2,1-2H3,(H2,17,18,19);1H. The molecule has 1 aromatic heterocycles. The Labute approximate surface area is 161 Å². The zero-order valence-electron chi connectivity index (χ0n) is 14.1. The van der Waals surface area contributed by atoms with E-state index in [1.54, 1.807) is 6.26 Å². The van der Waals surface area contributed by atoms with Crippen LogP contribution < -0.4 is 10.6 Å². The maximum atomic E-state index is 5.64. The first-order valence-electron chi connectivity index (χ1n) is 8.13. The highest BCUT2D eigenvalue weighted by atomic mass is 127. The van der Waals surface area contributed by atoms with Crippen LogP contribution >= 0.6 is 35.7 Å². The highest BCUT2D eigenvalue weighted by Gasteiger charge is 2.25. The first-order valence-corrected chi connectivity index (χ1v) is 9.53. The van der Waals surface area contributed by atoms with Crippen molar-refractivity contribution in [2.24, 2.45) is 4.99 Å². The van der Waals surface area contributed by atoms with Gasteiger partial charge in [-0.3, -0.25) is 9.89 Å². The number of guanidine groups is 1. The van der Waals surface area contributed by atoms with Gasteiger partial charge in [0.25, 0.3) is 0 Å². The van der Waals surface area contributed by atoms with Crippen LogP contribution in [0.4, 0.5) is 0 Å². The number of nitrogens with one attached hydrogen (secondary N) is 2. The van der Waals surface area contributed by atoms with E-state index in [4.69, 9.17) is 9.41 Å². The van der Waals surface area contributed by atoms with Crippen molar-refractivity contribution in [2.75, 3.05) is 44.7 Å². The first-order chi connectivity index (χ1) is 10.8. The number of rotatable bonds is 8. The molecular formula is C16H29IN4OS. The van der Waals surface area contributed by atoms with E-state index in [2.05, 4.69) is 34.8 Å². The molecule has 2 N–H and O–H groups in total. The quantitative estimate of drug-likeness (QED) is 0.275. The average molecular weight is 452 g/mol. The molecule has 1 atom stereocenters. The monoisotopic (exact) mass is 452 g/mol. The van der Waals surface area contributed by atoms with Crippen LogP contribution in [0.5, 0.6) is 0 Å². The third kappa shape index (κ3) is 6.93. The van der Waals surface area contributed by atoms with Crippen molar-refractivity contribution >= 4 is 41.7 Å². The van der Waals surface area contributed by atoms with Gasteiger partial charge >= 0.3 is 0 Å². The van der Waals surface area contributed by atoms with E-state index in [9.17, 15) is 0 Å². The summed E-state index contributed by atoms with van der Waals surface area (Å²) in [6.45, 7) is 6.90. The molecule has 0 radical (unpaired) electrons. The van der Waals surface area contributed by atoms with Crippen molar-refractivity contribution in [3.05, 3.63) is 24.2 Å². The van der Waals surface area contributed by atoms with Crippen LogP contribution in [0.1, 0.15) is 31.6 Å². The molecule has 0 bridgehead atoms. The molecule has 0 aromatic carbocycles. The Balaban J connectivity index is 0.00000264. The zero-order chi connectivity index (χ0) is 15.6. The van der Waals surface area contributed by atoms with E-state index in [0.717, 1.165) is 50.2 Å². The maximum Gasteiger partial charge on any atom is 0.191 e. The molecule has 2 heterocycles. The summed E-state index contributed by atoms with van der Waals surface area (Å²) in [5.41, 5.74) is 0. The highest BCUT2D eigenvalue weighted by molar-refractivity contribution is 14.0. The van der Waals surface area contributed by atoms with Crippen molar-refractivity contribution in [1.82, 2.24) is 15.5 Å². The third-order valence-electron chi connectivity index (χ3n) is 3.82. The van der Waals surface area contributed by atoms with E-state index in [1.165, 1.54) is 12.8 Å². The molecule has 1 aliphatic rings. The second-order valence-corrected chi connectivity index (χ2v) is 6.40. The largest absolute Gasteiger partial charge is 0.468 e. The number of hydrogen-bond acceptors (Lipinski definition) is 4. The van der Waals surface area contributed by atoms with Gasteiger partial charge in [-0.1, -0.05) is 0 Å². The summed E-state index contributed by atoms with van der Waals surface area (Å²) in [4.78, 5) is 7.25. The van der Waals surface area contributed by atoms with E-state index >= 15 is 0 Å². The number of aliphatic imine (C=N–C) groups is 1. The van der Waals surface area contributed by atoms with Gasteiger partial charge in [-0.05, 0) is 51.2 Å². The van der Waals surface area contributed by atoms with Crippen molar-refractivity contribution in [1.29, 1.82) is 0 Å². The lowest BCUT2D eigenvalue weighted by Crippen LogP contribution is -2.39. The van der Waals surface area contributed by atoms with Crippen LogP contribution in [0.3, 0.4) is 0 Å². The second kappa shape index (κ2) is 12.0. The Morgan fingerprint density at radius 1 is 1.39 bits per heavy atom. The van der Waals surface area contributed by atoms with Crippen molar-refractivity contribution in [3.8, 4) is 0 Å². The average Bonchev–Trinajstić information content (AvgIpc) is 3.21. The summed E-state index contributed by atoms with van der Waals surface area (Å²) in [7, 11) is 0. The predicted molar refractivity (Wildman–Crippen MR) is 110 cm³/mol. The molecular weight excluding hydrogens is 423 g/mol. The number of thioether (sulfide) groups is 1. The Morgan fingerprint density at radius 3 is 2.78 bits per heavy atom. The number of likely N-dealkylation sites (tertiary alicyclic amines) is 1. The van der Waals surface area contributed by atoms with Gasteiger partial charge in [0.1, 0.15) is 5.76 Å². The number of nitrogens with zero attached hydrogens (tertiary/aromatic N) is 2. The lowest BCUT2D eigenvalue weighted by atomic mass is 10.2. The van der Waals surface area contributed by atoms with Gasteiger partial charge in [0, 0.05) is 18.8 Å². The summed E-state index contributed by atoms with van der Waals surface area (Å²) in [5.74, 6) is 3.00. The SMILES string of the molecule is CCNC(=NCC(c1ccco1)N1CCCC1)NCCSC.I. The molecule has 0 saturated carbocycles. The molecule has 23 heavy (non-hydrogen) atoms. The summed E-state index contributed by atoms with van der Waals surface area (Å²) >= 11 is 1.84. The summed E-state index contributed by atoms with van der Waals surface area (Å²) < 4.78 is 5.64. The molecule has 0 spiro atoms. The fourth-order valence-corrected chi connectivity index (χ4v) is 3.02. The maximum absolute atomic E-state index is 5.64. The van der Waals surface area contributed by atoms with Gasteiger partial charge in [-0.2, -0.15) is 11.8 Å². The van der Waals surface area contributed by atoms with Crippen LogP contribution in [-0.2, 0) is 0 Å². The second-order valence-electron chi connectivity index (χ2n) is 5.41. The minimum absolute atomic E-state index is 0. The minimum Gasteiger partial charge on any atom is -0.468 e. The van der Waals surface area contributed by atoms with E-state index in [0.29, 0.717) is 0 Å². The number of halogens is 1. The van der Waals surface area contributed by atoms with Crippen molar-refractivity contribution in [3.63, 3.8) is 0 Å². The van der Waals surface area contributed by atoms with Crippen molar-refractivity contribution < 1.29 is 4.42 Å². The normalized spacial score (nSPS) is 16.9. The molecule has 132 valence electrons. The predicted octanol–water partition coefficient (Wildman–Crippen LogP) is 2.95. The van der Waals surface area contributed by atoms with Gasteiger partial charge in [0.2, 0.25) is 0 Å². The molecule has 1 aliphatic heterocycles. The number of hydrogen-bond donors (Lipinski definition) is 2. The fraction of sp³-hybridized carbons (Fsp3) is 0.688. The molecule has 2 rings (SSSR count). The van der Waals surface area contributed by atoms with Crippen LogP contribution in [0.2, 0.25) is 0 Å².